The van der Waals surface area contributed by atoms with Crippen LogP contribution in [0.25, 0.3) is 0 Å². The lowest BCUT2D eigenvalue weighted by molar-refractivity contribution is 0.271. The first kappa shape index (κ1) is 10.7. The SMILES string of the molecule is CNC1CCCCC1Cc1ccn(C)n1. The predicted molar refractivity (Wildman–Crippen MR) is 61.7 cm³/mol. The first-order valence-electron chi connectivity index (χ1n) is 5.95. The van der Waals surface area contributed by atoms with Crippen molar-refractivity contribution in [2.45, 2.75) is 38.1 Å². The Balaban J connectivity index is 1.97. The fourth-order valence-corrected chi connectivity index (χ4v) is 2.67. The summed E-state index contributed by atoms with van der Waals surface area (Å²) >= 11 is 0. The van der Waals surface area contributed by atoms with Gasteiger partial charge in [-0.15, -0.1) is 0 Å². The lowest BCUT2D eigenvalue weighted by Crippen LogP contribution is -2.37. The number of aryl methyl sites for hydroxylation is 1. The van der Waals surface area contributed by atoms with E-state index in [0.717, 1.165) is 12.3 Å². The van der Waals surface area contributed by atoms with Crippen LogP contribution in [-0.4, -0.2) is 22.9 Å². The first-order chi connectivity index (χ1) is 7.29. The first-order valence-corrected chi connectivity index (χ1v) is 5.95. The summed E-state index contributed by atoms with van der Waals surface area (Å²) in [5.41, 5.74) is 1.24. The molecule has 84 valence electrons. The normalized spacial score (nSPS) is 26.8. The molecular formula is C12H21N3. The Morgan fingerprint density at radius 1 is 1.47 bits per heavy atom. The number of aromatic nitrogens is 2. The molecule has 1 N–H and O–H groups in total. The summed E-state index contributed by atoms with van der Waals surface area (Å²) in [5, 5.41) is 7.91. The summed E-state index contributed by atoms with van der Waals surface area (Å²) in [6, 6.07) is 2.84. The second-order valence-electron chi connectivity index (χ2n) is 4.62. The van der Waals surface area contributed by atoms with Gasteiger partial charge in [-0.2, -0.15) is 5.10 Å². The third kappa shape index (κ3) is 2.59. The van der Waals surface area contributed by atoms with Crippen LogP contribution in [0.1, 0.15) is 31.4 Å². The summed E-state index contributed by atoms with van der Waals surface area (Å²) < 4.78 is 1.90. The van der Waals surface area contributed by atoms with Crippen molar-refractivity contribution in [1.29, 1.82) is 0 Å². The predicted octanol–water partition coefficient (Wildman–Crippen LogP) is 1.74. The average Bonchev–Trinajstić information content (AvgIpc) is 2.65. The summed E-state index contributed by atoms with van der Waals surface area (Å²) in [6.45, 7) is 0. The van der Waals surface area contributed by atoms with E-state index in [9.17, 15) is 0 Å². The summed E-state index contributed by atoms with van der Waals surface area (Å²) in [4.78, 5) is 0. The summed E-state index contributed by atoms with van der Waals surface area (Å²) in [7, 11) is 4.07. The second kappa shape index (κ2) is 4.79. The van der Waals surface area contributed by atoms with Crippen LogP contribution >= 0.6 is 0 Å². The Morgan fingerprint density at radius 2 is 2.27 bits per heavy atom. The minimum atomic E-state index is 0.695. The summed E-state index contributed by atoms with van der Waals surface area (Å²) in [6.07, 6.45) is 8.61. The van der Waals surface area contributed by atoms with Gasteiger partial charge in [0.2, 0.25) is 0 Å². The van der Waals surface area contributed by atoms with Crippen LogP contribution in [0.3, 0.4) is 0 Å². The smallest absolute Gasteiger partial charge is 0.0627 e. The molecule has 15 heavy (non-hydrogen) atoms. The Labute approximate surface area is 91.9 Å². The van der Waals surface area contributed by atoms with E-state index in [-0.39, 0.29) is 0 Å². The molecule has 1 fully saturated rings. The van der Waals surface area contributed by atoms with Crippen molar-refractivity contribution in [1.82, 2.24) is 15.1 Å². The largest absolute Gasteiger partial charge is 0.317 e. The van der Waals surface area contributed by atoms with Gasteiger partial charge in [0.05, 0.1) is 5.69 Å². The van der Waals surface area contributed by atoms with Gasteiger partial charge in [0.1, 0.15) is 0 Å². The highest BCUT2D eigenvalue weighted by Crippen LogP contribution is 2.26. The van der Waals surface area contributed by atoms with Crippen LogP contribution in [-0.2, 0) is 13.5 Å². The van der Waals surface area contributed by atoms with Crippen molar-refractivity contribution in [2.75, 3.05) is 7.05 Å². The molecular weight excluding hydrogens is 186 g/mol. The van der Waals surface area contributed by atoms with E-state index in [4.69, 9.17) is 0 Å². The number of rotatable bonds is 3. The fourth-order valence-electron chi connectivity index (χ4n) is 2.67. The van der Waals surface area contributed by atoms with E-state index in [1.54, 1.807) is 0 Å². The minimum Gasteiger partial charge on any atom is -0.317 e. The van der Waals surface area contributed by atoms with Crippen LogP contribution in [0.4, 0.5) is 0 Å². The maximum Gasteiger partial charge on any atom is 0.0627 e. The molecule has 1 saturated carbocycles. The van der Waals surface area contributed by atoms with E-state index in [0.29, 0.717) is 6.04 Å². The number of hydrogen-bond donors (Lipinski definition) is 1. The summed E-state index contributed by atoms with van der Waals surface area (Å²) in [5.74, 6) is 0.777. The van der Waals surface area contributed by atoms with Gasteiger partial charge in [0.25, 0.3) is 0 Å². The molecule has 0 aliphatic heterocycles. The Bertz CT molecular complexity index is 306. The van der Waals surface area contributed by atoms with E-state index in [1.165, 1.54) is 31.4 Å². The van der Waals surface area contributed by atoms with Gasteiger partial charge in [-0.3, -0.25) is 4.68 Å². The van der Waals surface area contributed by atoms with Crippen molar-refractivity contribution in [3.05, 3.63) is 18.0 Å². The average molecular weight is 207 g/mol. The van der Waals surface area contributed by atoms with Crippen molar-refractivity contribution in [3.8, 4) is 0 Å². The topological polar surface area (TPSA) is 29.9 Å². The Kier molecular flexibility index (Phi) is 3.41. The Morgan fingerprint density at radius 3 is 2.93 bits per heavy atom. The minimum absolute atomic E-state index is 0.695. The van der Waals surface area contributed by atoms with Crippen molar-refractivity contribution in [3.63, 3.8) is 0 Å². The molecule has 3 heteroatoms. The highest BCUT2D eigenvalue weighted by atomic mass is 15.2. The molecule has 0 bridgehead atoms. The third-order valence-electron chi connectivity index (χ3n) is 3.52. The van der Waals surface area contributed by atoms with Crippen molar-refractivity contribution >= 4 is 0 Å². The molecule has 2 rings (SSSR count). The van der Waals surface area contributed by atoms with Gasteiger partial charge < -0.3 is 5.32 Å². The zero-order valence-corrected chi connectivity index (χ0v) is 9.74. The number of hydrogen-bond acceptors (Lipinski definition) is 2. The Hall–Kier alpha value is -0.830. The third-order valence-corrected chi connectivity index (χ3v) is 3.52. The molecule has 0 radical (unpaired) electrons. The molecule has 0 amide bonds. The van der Waals surface area contributed by atoms with Gasteiger partial charge in [-0.25, -0.2) is 0 Å². The maximum absolute atomic E-state index is 4.46. The lowest BCUT2D eigenvalue weighted by Gasteiger charge is -2.30. The van der Waals surface area contributed by atoms with Crippen molar-refractivity contribution in [2.24, 2.45) is 13.0 Å². The molecule has 0 saturated heterocycles. The number of nitrogens with zero attached hydrogens (tertiary/aromatic N) is 2. The van der Waals surface area contributed by atoms with Gasteiger partial charge >= 0.3 is 0 Å². The molecule has 3 nitrogen and oxygen atoms in total. The fraction of sp³-hybridized carbons (Fsp3) is 0.750. The maximum atomic E-state index is 4.46. The van der Waals surface area contributed by atoms with Crippen LogP contribution in [0.5, 0.6) is 0 Å². The van der Waals surface area contributed by atoms with Crippen molar-refractivity contribution < 1.29 is 0 Å². The molecule has 1 aliphatic rings. The van der Waals surface area contributed by atoms with Crippen LogP contribution < -0.4 is 5.32 Å². The van der Waals surface area contributed by atoms with Crippen LogP contribution in [0, 0.1) is 5.92 Å². The highest BCUT2D eigenvalue weighted by Gasteiger charge is 2.24. The monoisotopic (exact) mass is 207 g/mol. The van der Waals surface area contributed by atoms with E-state index in [1.807, 2.05) is 17.9 Å². The molecule has 0 spiro atoms. The van der Waals surface area contributed by atoms with Gasteiger partial charge in [0, 0.05) is 19.3 Å². The molecule has 1 heterocycles. The van der Waals surface area contributed by atoms with Crippen LogP contribution in [0.2, 0.25) is 0 Å². The highest BCUT2D eigenvalue weighted by molar-refractivity contribution is 5.01. The lowest BCUT2D eigenvalue weighted by atomic mass is 9.82. The number of nitrogens with one attached hydrogen (secondary N) is 1. The second-order valence-corrected chi connectivity index (χ2v) is 4.62. The van der Waals surface area contributed by atoms with Crippen LogP contribution in [0.15, 0.2) is 12.3 Å². The van der Waals surface area contributed by atoms with Gasteiger partial charge in [-0.05, 0) is 38.3 Å². The molecule has 1 aliphatic carbocycles. The molecule has 2 atom stereocenters. The van der Waals surface area contributed by atoms with E-state index in [2.05, 4.69) is 23.5 Å². The zero-order valence-electron chi connectivity index (χ0n) is 9.74. The standard InChI is InChI=1S/C12H21N3/c1-13-12-6-4-3-5-10(12)9-11-7-8-15(2)14-11/h7-8,10,12-13H,3-6,9H2,1-2H3. The van der Waals surface area contributed by atoms with E-state index < -0.39 is 0 Å². The molecule has 1 aromatic rings. The molecule has 2 unspecified atom stereocenters. The van der Waals surface area contributed by atoms with E-state index >= 15 is 0 Å². The quantitative estimate of drug-likeness (QED) is 0.818. The molecule has 1 aromatic heterocycles. The van der Waals surface area contributed by atoms with Gasteiger partial charge in [0.15, 0.2) is 0 Å². The molecule has 0 aromatic carbocycles. The van der Waals surface area contributed by atoms with Gasteiger partial charge in [-0.1, -0.05) is 12.8 Å². The zero-order chi connectivity index (χ0) is 10.7.